The zero-order valence-corrected chi connectivity index (χ0v) is 42.4. The molecule has 348 valence electrons. The molecule has 5 heteroatoms. The Kier molecular flexibility index (Phi) is 14.9. The molecule has 8 aromatic carbocycles. The monoisotopic (exact) mass is 1110 g/mol. The molecule has 0 saturated heterocycles. The van der Waals surface area contributed by atoms with Crippen molar-refractivity contribution in [3.8, 4) is 95.5 Å². The molecule has 0 spiro atoms. The van der Waals surface area contributed by atoms with Crippen LogP contribution in [0.4, 0.5) is 0 Å². The maximum absolute atomic E-state index is 11.2. The third kappa shape index (κ3) is 11.0. The van der Waals surface area contributed by atoms with Gasteiger partial charge in [-0.2, -0.15) is 5.26 Å². The minimum absolute atomic E-state index is 0. The van der Waals surface area contributed by atoms with Crippen molar-refractivity contribution in [2.24, 2.45) is 0 Å². The van der Waals surface area contributed by atoms with E-state index in [1.807, 2.05) is 116 Å². The molecule has 0 amide bonds. The van der Waals surface area contributed by atoms with Gasteiger partial charge in [0, 0.05) is 35.3 Å². The summed E-state index contributed by atoms with van der Waals surface area (Å²) in [6, 6.07) is 87.9. The molecule has 0 aliphatic carbocycles. The average molecular weight is 1110 g/mol. The number of benzene rings is 8. The van der Waals surface area contributed by atoms with Gasteiger partial charge in [-0.15, -0.1) is 108 Å². The minimum atomic E-state index is 0. The molecule has 0 unspecified atom stereocenters. The molecule has 0 N–H and O–H groups in total. The molecule has 0 aliphatic heterocycles. The van der Waals surface area contributed by atoms with Gasteiger partial charge < -0.3 is 15.0 Å². The molecule has 11 rings (SSSR count). The quantitative estimate of drug-likeness (QED) is 0.102. The third-order valence-corrected chi connectivity index (χ3v) is 13.2. The van der Waals surface area contributed by atoms with Crippen LogP contribution in [-0.4, -0.2) is 15.0 Å². The second kappa shape index (κ2) is 22.6. The van der Waals surface area contributed by atoms with Crippen molar-refractivity contribution in [2.45, 2.75) is 25.7 Å². The number of nitrogens with zero attached hydrogens (tertiary/aromatic N) is 4. The summed E-state index contributed by atoms with van der Waals surface area (Å²) in [7, 11) is 0. The van der Waals surface area contributed by atoms with Gasteiger partial charge in [-0.1, -0.05) is 133 Å². The molecule has 73 heavy (non-hydrogen) atoms. The number of aromatic nitrogens is 3. The summed E-state index contributed by atoms with van der Waals surface area (Å²) in [4.78, 5) is 14.8. The Morgan fingerprint density at radius 1 is 0.329 bits per heavy atom. The predicted octanol–water partition coefficient (Wildman–Crippen LogP) is 16.0. The van der Waals surface area contributed by atoms with E-state index in [4.69, 9.17) is 15.0 Å². The number of hydrogen-bond acceptors (Lipinski definition) is 4. The van der Waals surface area contributed by atoms with Crippen LogP contribution in [0.3, 0.4) is 0 Å². The molecule has 3 heterocycles. The first-order valence-corrected chi connectivity index (χ1v) is 24.4. The van der Waals surface area contributed by atoms with Crippen LogP contribution in [0.1, 0.15) is 27.8 Å². The SMILES string of the molecule is N#Cc1c(-c2ccccc2)cc(-c2ccccc2)cc1-c1cc(-c2[c-]cccc2)ncc1-c1ccccc1-c1cc(CCc2ccc(-c3[c-]cccc3)nc2)cc(CCc2ccc(-c3[c-]cccc3)nc2)c1.[Ir+3]. The van der Waals surface area contributed by atoms with Crippen molar-refractivity contribution < 1.29 is 20.1 Å². The summed E-state index contributed by atoms with van der Waals surface area (Å²) < 4.78 is 0. The van der Waals surface area contributed by atoms with Gasteiger partial charge in [-0.3, -0.25) is 0 Å². The first kappa shape index (κ1) is 48.0. The number of hydrogen-bond donors (Lipinski definition) is 0. The number of rotatable bonds is 14. The van der Waals surface area contributed by atoms with E-state index in [0.29, 0.717) is 5.56 Å². The Bertz CT molecular complexity index is 3550. The van der Waals surface area contributed by atoms with Crippen LogP contribution in [0, 0.1) is 29.5 Å². The van der Waals surface area contributed by atoms with Crippen molar-refractivity contribution >= 4 is 0 Å². The van der Waals surface area contributed by atoms with E-state index >= 15 is 0 Å². The van der Waals surface area contributed by atoms with Crippen molar-refractivity contribution in [3.05, 3.63) is 283 Å². The number of aryl methyl sites for hydroxylation is 4. The van der Waals surface area contributed by atoms with Crippen LogP contribution in [0.5, 0.6) is 0 Å². The largest absolute Gasteiger partial charge is 3.00 e. The van der Waals surface area contributed by atoms with Gasteiger partial charge in [-0.05, 0) is 116 Å². The Morgan fingerprint density at radius 3 is 1.33 bits per heavy atom. The standard InChI is InChI=1S/C68H47N4.Ir/c69-44-64-61(53-20-8-2-9-21-53)41-57(52-18-6-1-7-19-52)42-62(64)63-43-68(56-26-14-5-15-27-56)72-47-65(63)60-29-17-16-28-59(60)58-39-50(32-30-48-34-36-66(70-45-48)54-22-10-3-11-23-54)38-51(40-58)33-31-49-35-37-67(71-46-49)55-24-12-4-13-25-55;/h1-22,24,26,28-29,34-43,45-47H,30-33H2;/q-3;+3. The Labute approximate surface area is 441 Å². The van der Waals surface area contributed by atoms with Crippen molar-refractivity contribution in [2.75, 3.05) is 0 Å². The number of pyridine rings is 3. The zero-order valence-electron chi connectivity index (χ0n) is 40.0. The third-order valence-electron chi connectivity index (χ3n) is 13.2. The summed E-state index contributed by atoms with van der Waals surface area (Å²) in [5.74, 6) is 0. The maximum atomic E-state index is 11.2. The molecular weight excluding hydrogens is 1060 g/mol. The van der Waals surface area contributed by atoms with Gasteiger partial charge in [0.1, 0.15) is 6.07 Å². The summed E-state index contributed by atoms with van der Waals surface area (Å²) in [5, 5.41) is 11.2. The Hall–Kier alpha value is -8.65. The predicted molar refractivity (Wildman–Crippen MR) is 292 cm³/mol. The topological polar surface area (TPSA) is 62.5 Å². The molecule has 0 aliphatic rings. The fourth-order valence-corrected chi connectivity index (χ4v) is 9.53. The van der Waals surface area contributed by atoms with E-state index in [9.17, 15) is 5.26 Å². The van der Waals surface area contributed by atoms with Crippen molar-refractivity contribution in [1.82, 2.24) is 15.0 Å². The van der Waals surface area contributed by atoms with Crippen LogP contribution in [0.15, 0.2) is 237 Å². The van der Waals surface area contributed by atoms with Crippen LogP contribution < -0.4 is 0 Å². The van der Waals surface area contributed by atoms with Gasteiger partial charge in [0.2, 0.25) is 0 Å². The van der Waals surface area contributed by atoms with E-state index in [-0.39, 0.29) is 20.1 Å². The van der Waals surface area contributed by atoms with Crippen LogP contribution >= 0.6 is 0 Å². The summed E-state index contributed by atoms with van der Waals surface area (Å²) in [5.41, 5.74) is 20.8. The molecule has 0 atom stereocenters. The van der Waals surface area contributed by atoms with Gasteiger partial charge in [0.05, 0.1) is 5.56 Å². The normalized spacial score (nSPS) is 10.8. The first-order valence-electron chi connectivity index (χ1n) is 24.4. The first-order chi connectivity index (χ1) is 35.6. The molecular formula is C68H47IrN4. The minimum Gasteiger partial charge on any atom is -0.304 e. The second-order valence-corrected chi connectivity index (χ2v) is 17.9. The van der Waals surface area contributed by atoms with Crippen molar-refractivity contribution in [3.63, 3.8) is 0 Å². The Balaban J connectivity index is 0.00000611. The molecule has 11 aromatic rings. The maximum Gasteiger partial charge on any atom is 3.00 e. The second-order valence-electron chi connectivity index (χ2n) is 17.9. The fourth-order valence-electron chi connectivity index (χ4n) is 9.53. The van der Waals surface area contributed by atoms with Crippen LogP contribution in [-0.2, 0) is 45.8 Å². The summed E-state index contributed by atoms with van der Waals surface area (Å²) >= 11 is 0. The van der Waals surface area contributed by atoms with Gasteiger partial charge in [0.15, 0.2) is 0 Å². The Morgan fingerprint density at radius 2 is 0.808 bits per heavy atom. The van der Waals surface area contributed by atoms with Crippen LogP contribution in [0.25, 0.3) is 89.4 Å². The average Bonchev–Trinajstić information content (AvgIpc) is 3.47. The van der Waals surface area contributed by atoms with E-state index < -0.39 is 0 Å². The zero-order chi connectivity index (χ0) is 48.5. The number of nitriles is 1. The summed E-state index contributed by atoms with van der Waals surface area (Å²) in [6.45, 7) is 0. The molecule has 0 radical (unpaired) electrons. The molecule has 4 nitrogen and oxygen atoms in total. The van der Waals surface area contributed by atoms with E-state index in [1.165, 1.54) is 22.3 Å². The molecule has 0 bridgehead atoms. The van der Waals surface area contributed by atoms with Crippen LogP contribution in [0.2, 0.25) is 0 Å². The molecule has 0 saturated carbocycles. The van der Waals surface area contributed by atoms with E-state index in [0.717, 1.165) is 115 Å². The van der Waals surface area contributed by atoms with E-state index in [1.54, 1.807) is 0 Å². The van der Waals surface area contributed by atoms with Crippen molar-refractivity contribution in [1.29, 1.82) is 5.26 Å². The molecule has 3 aromatic heterocycles. The van der Waals surface area contributed by atoms with Gasteiger partial charge >= 0.3 is 20.1 Å². The van der Waals surface area contributed by atoms with Gasteiger partial charge in [-0.25, -0.2) is 0 Å². The summed E-state index contributed by atoms with van der Waals surface area (Å²) in [6.07, 6.45) is 9.32. The smallest absolute Gasteiger partial charge is 0.304 e. The molecule has 0 fully saturated rings. The van der Waals surface area contributed by atoms with E-state index in [2.05, 4.69) is 146 Å². The fraction of sp³-hybridized carbons (Fsp3) is 0.0588. The van der Waals surface area contributed by atoms with Gasteiger partial charge in [0.25, 0.3) is 0 Å².